The van der Waals surface area contributed by atoms with Gasteiger partial charge < -0.3 is 9.73 Å². The number of rotatable bonds is 4. The minimum absolute atomic E-state index is 0.0656. The van der Waals surface area contributed by atoms with Gasteiger partial charge >= 0.3 is 0 Å². The largest absolute Gasteiger partial charge is 0.469 e. The third kappa shape index (κ3) is 3.21. The second kappa shape index (κ2) is 5.34. The lowest BCUT2D eigenvalue weighted by molar-refractivity contribution is -0.115. The third-order valence-electron chi connectivity index (χ3n) is 2.56. The maximum Gasteiger partial charge on any atom is 0.231 e. The number of nitrogens with one attached hydrogen (secondary N) is 1. The van der Waals surface area contributed by atoms with Gasteiger partial charge in [-0.3, -0.25) is 4.79 Å². The van der Waals surface area contributed by atoms with Crippen LogP contribution in [0.5, 0.6) is 0 Å². The van der Waals surface area contributed by atoms with Crippen molar-refractivity contribution in [2.45, 2.75) is 19.8 Å². The van der Waals surface area contributed by atoms with Gasteiger partial charge in [0.1, 0.15) is 5.76 Å². The maximum atomic E-state index is 11.7. The molecule has 1 amide bonds. The van der Waals surface area contributed by atoms with Crippen molar-refractivity contribution in [3.05, 3.63) is 54.0 Å². The zero-order valence-electron chi connectivity index (χ0n) is 9.77. The zero-order valence-corrected chi connectivity index (χ0v) is 9.77. The first-order valence-corrected chi connectivity index (χ1v) is 5.69. The monoisotopic (exact) mass is 229 g/mol. The van der Waals surface area contributed by atoms with Gasteiger partial charge in [-0.15, -0.1) is 0 Å². The summed E-state index contributed by atoms with van der Waals surface area (Å²) in [5.74, 6) is 0.608. The quantitative estimate of drug-likeness (QED) is 0.875. The minimum Gasteiger partial charge on any atom is -0.469 e. The van der Waals surface area contributed by atoms with E-state index in [0.29, 0.717) is 5.76 Å². The van der Waals surface area contributed by atoms with Crippen LogP contribution >= 0.6 is 0 Å². The fourth-order valence-corrected chi connectivity index (χ4v) is 1.60. The number of carbonyl (C=O) groups is 1. The zero-order chi connectivity index (χ0) is 12.1. The molecule has 3 nitrogen and oxygen atoms in total. The van der Waals surface area contributed by atoms with Gasteiger partial charge in [0.05, 0.1) is 12.7 Å². The predicted molar refractivity (Wildman–Crippen MR) is 66.9 cm³/mol. The molecule has 3 heteroatoms. The number of furan rings is 1. The van der Waals surface area contributed by atoms with Crippen molar-refractivity contribution in [1.82, 2.24) is 0 Å². The van der Waals surface area contributed by atoms with Gasteiger partial charge in [-0.05, 0) is 36.2 Å². The topological polar surface area (TPSA) is 42.2 Å². The molecule has 0 radical (unpaired) electrons. The van der Waals surface area contributed by atoms with Gasteiger partial charge in [-0.2, -0.15) is 0 Å². The molecule has 17 heavy (non-hydrogen) atoms. The fraction of sp³-hybridized carbons (Fsp3) is 0.214. The van der Waals surface area contributed by atoms with Gasteiger partial charge in [0.25, 0.3) is 0 Å². The van der Waals surface area contributed by atoms with Crippen molar-refractivity contribution in [2.75, 3.05) is 5.32 Å². The molecule has 88 valence electrons. The highest BCUT2D eigenvalue weighted by atomic mass is 16.3. The highest BCUT2D eigenvalue weighted by Gasteiger charge is 2.05. The van der Waals surface area contributed by atoms with E-state index >= 15 is 0 Å². The van der Waals surface area contributed by atoms with Crippen LogP contribution in [0.4, 0.5) is 5.69 Å². The number of hydrogen-bond donors (Lipinski definition) is 1. The normalized spacial score (nSPS) is 10.2. The van der Waals surface area contributed by atoms with Crippen molar-refractivity contribution in [3.63, 3.8) is 0 Å². The summed E-state index contributed by atoms with van der Waals surface area (Å²) in [6, 6.07) is 11.4. The molecule has 0 aliphatic rings. The van der Waals surface area contributed by atoms with Gasteiger partial charge in [0.2, 0.25) is 5.91 Å². The molecule has 0 atom stereocenters. The van der Waals surface area contributed by atoms with E-state index in [9.17, 15) is 4.79 Å². The molecule has 0 unspecified atom stereocenters. The summed E-state index contributed by atoms with van der Waals surface area (Å²) < 4.78 is 5.12. The second-order valence-electron chi connectivity index (χ2n) is 3.85. The molecule has 0 fully saturated rings. The first-order valence-electron chi connectivity index (χ1n) is 5.69. The van der Waals surface area contributed by atoms with E-state index < -0.39 is 0 Å². The van der Waals surface area contributed by atoms with Crippen LogP contribution in [0.2, 0.25) is 0 Å². The van der Waals surface area contributed by atoms with Crippen LogP contribution in [0.3, 0.4) is 0 Å². The summed E-state index contributed by atoms with van der Waals surface area (Å²) in [5, 5.41) is 2.83. The molecule has 0 bridgehead atoms. The Kier molecular flexibility index (Phi) is 3.60. The van der Waals surface area contributed by atoms with Crippen molar-refractivity contribution in [1.29, 1.82) is 0 Å². The number of hydrogen-bond acceptors (Lipinski definition) is 2. The smallest absolute Gasteiger partial charge is 0.231 e. The lowest BCUT2D eigenvalue weighted by Crippen LogP contribution is -2.13. The van der Waals surface area contributed by atoms with E-state index in [1.807, 2.05) is 24.3 Å². The number of anilines is 1. The molecule has 0 spiro atoms. The maximum absolute atomic E-state index is 11.7. The predicted octanol–water partition coefficient (Wildman–Crippen LogP) is 3.02. The Morgan fingerprint density at radius 2 is 2.00 bits per heavy atom. The van der Waals surface area contributed by atoms with Crippen LogP contribution in [-0.2, 0) is 17.6 Å². The SMILES string of the molecule is CCc1ccc(NC(=O)Cc2ccco2)cc1. The average Bonchev–Trinajstić information content (AvgIpc) is 2.82. The Bertz CT molecular complexity index is 471. The molecular weight excluding hydrogens is 214 g/mol. The van der Waals surface area contributed by atoms with Crippen LogP contribution in [0.25, 0.3) is 0 Å². The number of carbonyl (C=O) groups excluding carboxylic acids is 1. The minimum atomic E-state index is -0.0656. The Balaban J connectivity index is 1.93. The molecule has 0 saturated carbocycles. The first kappa shape index (κ1) is 11.5. The summed E-state index contributed by atoms with van der Waals surface area (Å²) in [6.07, 6.45) is 2.84. The molecule has 0 aliphatic carbocycles. The van der Waals surface area contributed by atoms with E-state index in [4.69, 9.17) is 4.42 Å². The van der Waals surface area contributed by atoms with E-state index in [1.165, 1.54) is 5.56 Å². The van der Waals surface area contributed by atoms with Crippen LogP contribution in [0, 0.1) is 0 Å². The number of benzene rings is 1. The molecular formula is C14H15NO2. The second-order valence-corrected chi connectivity index (χ2v) is 3.85. The van der Waals surface area contributed by atoms with E-state index in [2.05, 4.69) is 12.2 Å². The average molecular weight is 229 g/mol. The van der Waals surface area contributed by atoms with Crippen LogP contribution in [0.1, 0.15) is 18.2 Å². The van der Waals surface area contributed by atoms with Crippen molar-refractivity contribution >= 4 is 11.6 Å². The van der Waals surface area contributed by atoms with E-state index in [1.54, 1.807) is 18.4 Å². The number of aryl methyl sites for hydroxylation is 1. The van der Waals surface area contributed by atoms with Crippen LogP contribution in [0.15, 0.2) is 47.1 Å². The molecule has 0 saturated heterocycles. The molecule has 1 aromatic heterocycles. The van der Waals surface area contributed by atoms with E-state index in [-0.39, 0.29) is 12.3 Å². The van der Waals surface area contributed by atoms with Gasteiger partial charge in [-0.25, -0.2) is 0 Å². The molecule has 0 aliphatic heterocycles. The Hall–Kier alpha value is -2.03. The van der Waals surface area contributed by atoms with E-state index in [0.717, 1.165) is 12.1 Å². The Morgan fingerprint density at radius 3 is 2.59 bits per heavy atom. The summed E-state index contributed by atoms with van der Waals surface area (Å²) >= 11 is 0. The van der Waals surface area contributed by atoms with Crippen LogP contribution < -0.4 is 5.32 Å². The molecule has 2 aromatic rings. The highest BCUT2D eigenvalue weighted by Crippen LogP contribution is 2.11. The van der Waals surface area contributed by atoms with Gasteiger partial charge in [-0.1, -0.05) is 19.1 Å². The summed E-state index contributed by atoms with van der Waals surface area (Å²) in [6.45, 7) is 2.10. The van der Waals surface area contributed by atoms with Crippen molar-refractivity contribution in [3.8, 4) is 0 Å². The Morgan fingerprint density at radius 1 is 1.24 bits per heavy atom. The standard InChI is InChI=1S/C14H15NO2/c1-2-11-5-7-12(8-6-11)15-14(16)10-13-4-3-9-17-13/h3-9H,2,10H2,1H3,(H,15,16). The Labute approximate surface area is 100 Å². The summed E-state index contributed by atoms with van der Waals surface area (Å²) in [5.41, 5.74) is 2.08. The fourth-order valence-electron chi connectivity index (χ4n) is 1.60. The lowest BCUT2D eigenvalue weighted by Gasteiger charge is -2.04. The lowest BCUT2D eigenvalue weighted by atomic mass is 10.1. The van der Waals surface area contributed by atoms with Gasteiger partial charge in [0, 0.05) is 5.69 Å². The first-order chi connectivity index (χ1) is 8.28. The van der Waals surface area contributed by atoms with Crippen LogP contribution in [-0.4, -0.2) is 5.91 Å². The highest BCUT2D eigenvalue weighted by molar-refractivity contribution is 5.91. The van der Waals surface area contributed by atoms with Gasteiger partial charge in [0.15, 0.2) is 0 Å². The molecule has 2 rings (SSSR count). The molecule has 1 heterocycles. The van der Waals surface area contributed by atoms with Crippen molar-refractivity contribution < 1.29 is 9.21 Å². The third-order valence-corrected chi connectivity index (χ3v) is 2.56. The van der Waals surface area contributed by atoms with Crippen molar-refractivity contribution in [2.24, 2.45) is 0 Å². The molecule has 1 aromatic carbocycles. The number of amides is 1. The summed E-state index contributed by atoms with van der Waals surface area (Å²) in [4.78, 5) is 11.7. The summed E-state index contributed by atoms with van der Waals surface area (Å²) in [7, 11) is 0. The molecule has 1 N–H and O–H groups in total.